The molecule has 0 radical (unpaired) electrons. The molecule has 4 heterocycles. The third kappa shape index (κ3) is 6.11. The number of aromatic amines is 1. The van der Waals surface area contributed by atoms with E-state index in [1.807, 2.05) is 29.3 Å². The molecule has 2 saturated heterocycles. The van der Waals surface area contributed by atoms with Gasteiger partial charge >= 0.3 is 0 Å². The lowest BCUT2D eigenvalue weighted by Gasteiger charge is -2.34. The molecule has 238 valence electrons. The molecule has 46 heavy (non-hydrogen) atoms. The molecule has 1 unspecified atom stereocenters. The van der Waals surface area contributed by atoms with Crippen LogP contribution in [0.2, 0.25) is 0 Å². The van der Waals surface area contributed by atoms with Gasteiger partial charge in [0.25, 0.3) is 0 Å². The van der Waals surface area contributed by atoms with Crippen molar-refractivity contribution in [3.05, 3.63) is 102 Å². The number of likely N-dealkylation sites (tertiary alicyclic amines) is 1. The van der Waals surface area contributed by atoms with Gasteiger partial charge in [0.15, 0.2) is 0 Å². The van der Waals surface area contributed by atoms with Crippen LogP contribution in [-0.2, 0) is 4.79 Å². The van der Waals surface area contributed by atoms with Crippen LogP contribution < -0.4 is 10.6 Å². The Kier molecular flexibility index (Phi) is 8.99. The molecule has 0 spiro atoms. The number of hydrogen-bond acceptors (Lipinski definition) is 6. The zero-order valence-electron chi connectivity index (χ0n) is 27.0. The van der Waals surface area contributed by atoms with E-state index in [2.05, 4.69) is 95.0 Å². The van der Waals surface area contributed by atoms with E-state index in [9.17, 15) is 4.79 Å². The molecule has 3 aliphatic rings. The van der Waals surface area contributed by atoms with E-state index in [0.717, 1.165) is 80.5 Å². The predicted molar refractivity (Wildman–Crippen MR) is 184 cm³/mol. The van der Waals surface area contributed by atoms with Crippen molar-refractivity contribution >= 4 is 11.7 Å². The normalized spacial score (nSPS) is 21.8. The van der Waals surface area contributed by atoms with Crippen LogP contribution in [0.15, 0.2) is 90.1 Å². The summed E-state index contributed by atoms with van der Waals surface area (Å²) in [4.78, 5) is 31.6. The number of H-pyrrole nitrogens is 1. The van der Waals surface area contributed by atoms with Gasteiger partial charge in [0.1, 0.15) is 17.7 Å². The Morgan fingerprint density at radius 2 is 1.61 bits per heavy atom. The first-order valence-electron chi connectivity index (χ1n) is 17.0. The second-order valence-electron chi connectivity index (χ2n) is 12.7. The summed E-state index contributed by atoms with van der Waals surface area (Å²) < 4.78 is 0. The fourth-order valence-corrected chi connectivity index (χ4v) is 7.39. The highest BCUT2D eigenvalue weighted by Gasteiger charge is 2.38. The van der Waals surface area contributed by atoms with E-state index in [-0.39, 0.29) is 24.0 Å². The highest BCUT2D eigenvalue weighted by molar-refractivity contribution is 5.89. The van der Waals surface area contributed by atoms with E-state index in [0.29, 0.717) is 6.04 Å². The highest BCUT2D eigenvalue weighted by atomic mass is 16.2. The lowest BCUT2D eigenvalue weighted by atomic mass is 9.99. The number of aromatic nitrogens is 2. The van der Waals surface area contributed by atoms with Gasteiger partial charge in [0.05, 0.1) is 36.6 Å². The summed E-state index contributed by atoms with van der Waals surface area (Å²) in [5, 5.41) is 7.18. The molecule has 1 aromatic heterocycles. The maximum Gasteiger partial charge on any atom is 0.245 e. The SMILES string of the molecule is CCN(CC)[C@@H](C(=O)N1CCC[C@H]1c1ncc(-c2ccc(-c3ccc(C4CN=C([C@@H]5CCCN5)N4)cc3)cc2)[nH]1)c1ccccc1. The van der Waals surface area contributed by atoms with Crippen LogP contribution in [0, 0.1) is 0 Å². The minimum absolute atomic E-state index is 0.0499. The van der Waals surface area contributed by atoms with Crippen molar-refractivity contribution in [2.75, 3.05) is 32.7 Å². The summed E-state index contributed by atoms with van der Waals surface area (Å²) >= 11 is 0. The van der Waals surface area contributed by atoms with Gasteiger partial charge in [-0.05, 0) is 73.1 Å². The van der Waals surface area contributed by atoms with Gasteiger partial charge in [-0.1, -0.05) is 92.7 Å². The number of likely N-dealkylation sites (N-methyl/N-ethyl adjacent to an activating group) is 1. The number of nitrogens with one attached hydrogen (secondary N) is 3. The predicted octanol–water partition coefficient (Wildman–Crippen LogP) is 6.29. The Balaban J connectivity index is 1.02. The molecular formula is C38H45N7O. The molecule has 3 aliphatic heterocycles. The Hall–Kier alpha value is -4.27. The topological polar surface area (TPSA) is 88.7 Å². The van der Waals surface area contributed by atoms with Crippen LogP contribution >= 0.6 is 0 Å². The average Bonchev–Trinajstić information content (AvgIpc) is 3.94. The van der Waals surface area contributed by atoms with Crippen molar-refractivity contribution in [2.24, 2.45) is 4.99 Å². The number of amidine groups is 1. The fraction of sp³-hybridized carbons (Fsp3) is 0.395. The largest absolute Gasteiger partial charge is 0.364 e. The molecule has 8 nitrogen and oxygen atoms in total. The van der Waals surface area contributed by atoms with Crippen LogP contribution in [0.1, 0.15) is 74.6 Å². The van der Waals surface area contributed by atoms with Crippen molar-refractivity contribution in [2.45, 2.75) is 63.7 Å². The molecule has 0 saturated carbocycles. The van der Waals surface area contributed by atoms with E-state index >= 15 is 0 Å². The van der Waals surface area contributed by atoms with Crippen LogP contribution in [-0.4, -0.2) is 70.3 Å². The second kappa shape index (κ2) is 13.6. The zero-order valence-corrected chi connectivity index (χ0v) is 27.0. The number of nitrogens with zero attached hydrogens (tertiary/aromatic N) is 4. The number of rotatable bonds is 10. The van der Waals surface area contributed by atoms with E-state index in [1.54, 1.807) is 0 Å². The molecular weight excluding hydrogens is 570 g/mol. The lowest BCUT2D eigenvalue weighted by molar-refractivity contribution is -0.138. The van der Waals surface area contributed by atoms with Crippen LogP contribution in [0.5, 0.6) is 0 Å². The van der Waals surface area contributed by atoms with Gasteiger partial charge in [-0.2, -0.15) is 0 Å². The van der Waals surface area contributed by atoms with Crippen LogP contribution in [0.3, 0.4) is 0 Å². The number of carbonyl (C=O) groups is 1. The summed E-state index contributed by atoms with van der Waals surface area (Å²) in [6.45, 7) is 8.51. The standard InChI is InChI=1S/C38H45N7O/c1-3-44(4-2)35(30-10-6-5-7-11-30)38(46)45-23-9-13-34(45)37-41-25-33(43-37)29-20-16-27(17-21-29)26-14-18-28(19-15-26)32-24-40-36(42-32)31-12-8-22-39-31/h5-7,10-11,14-21,25,31-32,34-35,39H,3-4,8-9,12-13,22-24H2,1-2H3,(H,40,42)(H,41,43)/t31-,32?,34-,35+/m0/s1. The average molecular weight is 616 g/mol. The maximum atomic E-state index is 14.1. The van der Waals surface area contributed by atoms with E-state index in [1.165, 1.54) is 23.1 Å². The lowest BCUT2D eigenvalue weighted by Crippen LogP contribution is -2.43. The first-order chi connectivity index (χ1) is 22.6. The number of carbonyl (C=O) groups excluding carboxylic acids is 1. The molecule has 4 atom stereocenters. The molecule has 3 aromatic carbocycles. The number of amides is 1. The number of hydrogen-bond donors (Lipinski definition) is 3. The molecule has 2 fully saturated rings. The quantitative estimate of drug-likeness (QED) is 0.195. The Morgan fingerprint density at radius 1 is 0.891 bits per heavy atom. The number of benzene rings is 3. The summed E-state index contributed by atoms with van der Waals surface area (Å²) in [7, 11) is 0. The monoisotopic (exact) mass is 615 g/mol. The fourth-order valence-electron chi connectivity index (χ4n) is 7.39. The van der Waals surface area contributed by atoms with Gasteiger partial charge in [-0.25, -0.2) is 4.98 Å². The summed E-state index contributed by atoms with van der Waals surface area (Å²) in [6.07, 6.45) is 6.18. The summed E-state index contributed by atoms with van der Waals surface area (Å²) in [5.41, 5.74) is 6.75. The number of imidazole rings is 1. The third-order valence-electron chi connectivity index (χ3n) is 9.97. The molecule has 0 bridgehead atoms. The smallest absolute Gasteiger partial charge is 0.245 e. The summed E-state index contributed by atoms with van der Waals surface area (Å²) in [5.74, 6) is 2.14. The second-order valence-corrected chi connectivity index (χ2v) is 12.7. The van der Waals surface area contributed by atoms with Gasteiger partial charge in [0.2, 0.25) is 5.91 Å². The van der Waals surface area contributed by atoms with Crippen LogP contribution in [0.4, 0.5) is 0 Å². The molecule has 7 rings (SSSR count). The molecule has 0 aliphatic carbocycles. The Labute approximate surface area is 272 Å². The first-order valence-corrected chi connectivity index (χ1v) is 17.0. The molecule has 1 amide bonds. The maximum absolute atomic E-state index is 14.1. The minimum atomic E-state index is -0.290. The number of aliphatic imine (C=N–C) groups is 1. The van der Waals surface area contributed by atoms with Gasteiger partial charge < -0.3 is 20.5 Å². The van der Waals surface area contributed by atoms with Crippen molar-refractivity contribution in [3.8, 4) is 22.4 Å². The third-order valence-corrected chi connectivity index (χ3v) is 9.97. The Morgan fingerprint density at radius 3 is 2.30 bits per heavy atom. The molecule has 8 heteroatoms. The minimum Gasteiger partial charge on any atom is -0.364 e. The van der Waals surface area contributed by atoms with Crippen molar-refractivity contribution in [3.63, 3.8) is 0 Å². The van der Waals surface area contributed by atoms with Crippen molar-refractivity contribution < 1.29 is 4.79 Å². The molecule has 4 aromatic rings. The zero-order chi connectivity index (χ0) is 31.5. The molecule has 3 N–H and O–H groups in total. The summed E-state index contributed by atoms with van der Waals surface area (Å²) in [6, 6.07) is 28.0. The van der Waals surface area contributed by atoms with Crippen LogP contribution in [0.25, 0.3) is 22.4 Å². The van der Waals surface area contributed by atoms with Gasteiger partial charge in [0, 0.05) is 6.54 Å². The van der Waals surface area contributed by atoms with Crippen molar-refractivity contribution in [1.29, 1.82) is 0 Å². The van der Waals surface area contributed by atoms with E-state index in [4.69, 9.17) is 9.98 Å². The Bertz CT molecular complexity index is 1640. The van der Waals surface area contributed by atoms with Crippen molar-refractivity contribution in [1.82, 2.24) is 30.4 Å². The highest BCUT2D eigenvalue weighted by Crippen LogP contribution is 2.36. The van der Waals surface area contributed by atoms with Gasteiger partial charge in [-0.15, -0.1) is 0 Å². The first kappa shape index (κ1) is 30.4. The van der Waals surface area contributed by atoms with E-state index < -0.39 is 0 Å². The van der Waals surface area contributed by atoms with Gasteiger partial charge in [-0.3, -0.25) is 14.7 Å².